The molecule has 3 amide bonds. The molecular weight excluding hydrogens is 350 g/mol. The first kappa shape index (κ1) is 18.7. The number of carbonyl (C=O) groups excluding carboxylic acids is 2. The molecule has 146 valence electrons. The molecule has 0 bridgehead atoms. The van der Waals surface area contributed by atoms with E-state index < -0.39 is 0 Å². The first-order chi connectivity index (χ1) is 13.6. The average molecular weight is 377 g/mol. The van der Waals surface area contributed by atoms with Crippen molar-refractivity contribution in [1.82, 2.24) is 10.2 Å². The standard InChI is InChI=1S/C23H27N3O2/c1-17-7-9-20(10-8-17)26-22(27)16-21(24-23(26)28)25-13-11-19(12-14-25)15-18-5-3-2-4-6-18/h2-10,19,21H,11-16H2,1H3,(H,24,28). The van der Waals surface area contributed by atoms with Gasteiger partial charge in [-0.25, -0.2) is 9.69 Å². The lowest BCUT2D eigenvalue weighted by Crippen LogP contribution is -2.61. The molecule has 4 rings (SSSR count). The molecule has 0 aromatic heterocycles. The molecule has 5 heteroatoms. The van der Waals surface area contributed by atoms with Crippen LogP contribution in [0.1, 0.15) is 30.4 Å². The fraction of sp³-hybridized carbons (Fsp3) is 0.391. The highest BCUT2D eigenvalue weighted by Crippen LogP contribution is 2.26. The molecule has 2 fully saturated rings. The van der Waals surface area contributed by atoms with Crippen molar-refractivity contribution in [2.24, 2.45) is 5.92 Å². The van der Waals surface area contributed by atoms with E-state index in [4.69, 9.17) is 0 Å². The number of carbonyl (C=O) groups is 2. The number of nitrogens with zero attached hydrogens (tertiary/aromatic N) is 2. The van der Waals surface area contributed by atoms with Gasteiger partial charge in [0.15, 0.2) is 0 Å². The molecule has 0 aliphatic carbocycles. The van der Waals surface area contributed by atoms with Crippen LogP contribution in [0.15, 0.2) is 54.6 Å². The van der Waals surface area contributed by atoms with Crippen LogP contribution in [0.4, 0.5) is 10.5 Å². The van der Waals surface area contributed by atoms with Crippen LogP contribution in [0.5, 0.6) is 0 Å². The Morgan fingerprint density at radius 2 is 1.64 bits per heavy atom. The normalized spacial score (nSPS) is 21.6. The summed E-state index contributed by atoms with van der Waals surface area (Å²) in [7, 11) is 0. The van der Waals surface area contributed by atoms with Gasteiger partial charge in [-0.1, -0.05) is 48.0 Å². The zero-order chi connectivity index (χ0) is 19.5. The molecule has 0 radical (unpaired) electrons. The van der Waals surface area contributed by atoms with Gasteiger partial charge in [-0.3, -0.25) is 9.69 Å². The van der Waals surface area contributed by atoms with Gasteiger partial charge in [-0.15, -0.1) is 0 Å². The van der Waals surface area contributed by atoms with Crippen LogP contribution >= 0.6 is 0 Å². The summed E-state index contributed by atoms with van der Waals surface area (Å²) in [6, 6.07) is 17.8. The molecule has 1 unspecified atom stereocenters. The van der Waals surface area contributed by atoms with Crippen LogP contribution in [0.3, 0.4) is 0 Å². The SMILES string of the molecule is Cc1ccc(N2C(=O)CC(N3CCC(Cc4ccccc4)CC3)NC2=O)cc1. The molecule has 2 aromatic carbocycles. The molecule has 28 heavy (non-hydrogen) atoms. The summed E-state index contributed by atoms with van der Waals surface area (Å²) in [5.41, 5.74) is 3.12. The summed E-state index contributed by atoms with van der Waals surface area (Å²) >= 11 is 0. The third-order valence-electron chi connectivity index (χ3n) is 5.86. The Kier molecular flexibility index (Phi) is 5.44. The largest absolute Gasteiger partial charge is 0.329 e. The summed E-state index contributed by atoms with van der Waals surface area (Å²) in [5, 5.41) is 3.04. The molecule has 1 atom stereocenters. The minimum Gasteiger partial charge on any atom is -0.321 e. The van der Waals surface area contributed by atoms with Gasteiger partial charge in [0.2, 0.25) is 5.91 Å². The van der Waals surface area contributed by atoms with E-state index in [2.05, 4.69) is 40.5 Å². The Morgan fingerprint density at radius 1 is 0.964 bits per heavy atom. The number of rotatable bonds is 4. The second kappa shape index (κ2) is 8.15. The van der Waals surface area contributed by atoms with Crippen molar-refractivity contribution in [2.75, 3.05) is 18.0 Å². The number of aryl methyl sites for hydroxylation is 1. The molecule has 0 spiro atoms. The Balaban J connectivity index is 1.34. The molecule has 5 nitrogen and oxygen atoms in total. The Morgan fingerprint density at radius 3 is 2.29 bits per heavy atom. The maximum absolute atomic E-state index is 12.7. The lowest BCUT2D eigenvalue weighted by molar-refractivity contribution is -0.120. The number of imide groups is 1. The van der Waals surface area contributed by atoms with Crippen LogP contribution in [0, 0.1) is 12.8 Å². The van der Waals surface area contributed by atoms with Crippen molar-refractivity contribution in [3.8, 4) is 0 Å². The summed E-state index contributed by atoms with van der Waals surface area (Å²) in [6.45, 7) is 3.82. The smallest absolute Gasteiger partial charge is 0.321 e. The van der Waals surface area contributed by atoms with E-state index in [0.29, 0.717) is 18.0 Å². The lowest BCUT2D eigenvalue weighted by Gasteiger charge is -2.41. The van der Waals surface area contributed by atoms with Crippen molar-refractivity contribution in [2.45, 2.75) is 38.8 Å². The van der Waals surface area contributed by atoms with Crippen LogP contribution in [0.2, 0.25) is 0 Å². The number of amides is 3. The van der Waals surface area contributed by atoms with Gasteiger partial charge in [-0.2, -0.15) is 0 Å². The van der Waals surface area contributed by atoms with Gasteiger partial charge < -0.3 is 5.32 Å². The van der Waals surface area contributed by atoms with E-state index in [1.165, 1.54) is 10.5 Å². The number of hydrogen-bond acceptors (Lipinski definition) is 3. The third kappa shape index (κ3) is 4.09. The second-order valence-corrected chi connectivity index (χ2v) is 7.90. The van der Waals surface area contributed by atoms with E-state index in [0.717, 1.165) is 37.9 Å². The lowest BCUT2D eigenvalue weighted by atomic mass is 9.90. The average Bonchev–Trinajstić information content (AvgIpc) is 2.70. The highest BCUT2D eigenvalue weighted by molar-refractivity contribution is 6.16. The first-order valence-corrected chi connectivity index (χ1v) is 10.1. The molecule has 0 saturated carbocycles. The predicted molar refractivity (Wildman–Crippen MR) is 110 cm³/mol. The number of hydrogen-bond donors (Lipinski definition) is 1. The Hall–Kier alpha value is -2.66. The topological polar surface area (TPSA) is 52.7 Å². The number of nitrogens with one attached hydrogen (secondary N) is 1. The van der Waals surface area contributed by atoms with Crippen LogP contribution < -0.4 is 10.2 Å². The number of benzene rings is 2. The maximum atomic E-state index is 12.7. The van der Waals surface area contributed by atoms with Crippen LogP contribution in [0.25, 0.3) is 0 Å². The van der Waals surface area contributed by atoms with Crippen LogP contribution in [-0.4, -0.2) is 36.1 Å². The molecule has 2 aliphatic heterocycles. The number of anilines is 1. The van der Waals surface area contributed by atoms with Gasteiger partial charge in [0.05, 0.1) is 18.3 Å². The number of piperidine rings is 1. The molecular formula is C23H27N3O2. The van der Waals surface area contributed by atoms with Crippen molar-refractivity contribution in [3.63, 3.8) is 0 Å². The molecule has 2 saturated heterocycles. The quantitative estimate of drug-likeness (QED) is 0.883. The second-order valence-electron chi connectivity index (χ2n) is 7.90. The first-order valence-electron chi connectivity index (χ1n) is 10.1. The number of likely N-dealkylation sites (tertiary alicyclic amines) is 1. The van der Waals surface area contributed by atoms with E-state index in [1.54, 1.807) is 0 Å². The van der Waals surface area contributed by atoms with Crippen molar-refractivity contribution in [3.05, 3.63) is 65.7 Å². The molecule has 2 aromatic rings. The summed E-state index contributed by atoms with van der Waals surface area (Å²) < 4.78 is 0. The van der Waals surface area contributed by atoms with E-state index in [-0.39, 0.29) is 18.1 Å². The van der Waals surface area contributed by atoms with E-state index in [1.807, 2.05) is 31.2 Å². The monoisotopic (exact) mass is 377 g/mol. The van der Waals surface area contributed by atoms with Gasteiger partial charge >= 0.3 is 6.03 Å². The summed E-state index contributed by atoms with van der Waals surface area (Å²) in [4.78, 5) is 28.8. The summed E-state index contributed by atoms with van der Waals surface area (Å²) in [6.07, 6.45) is 3.42. The Labute approximate surface area is 166 Å². The molecule has 2 heterocycles. The van der Waals surface area contributed by atoms with Crippen molar-refractivity contribution >= 4 is 17.6 Å². The van der Waals surface area contributed by atoms with Crippen LogP contribution in [-0.2, 0) is 11.2 Å². The van der Waals surface area contributed by atoms with E-state index >= 15 is 0 Å². The molecule has 1 N–H and O–H groups in total. The highest BCUT2D eigenvalue weighted by Gasteiger charge is 2.37. The van der Waals surface area contributed by atoms with Gasteiger partial charge in [-0.05, 0) is 49.8 Å². The summed E-state index contributed by atoms with van der Waals surface area (Å²) in [5.74, 6) is 0.529. The van der Waals surface area contributed by atoms with E-state index in [9.17, 15) is 9.59 Å². The predicted octanol–water partition coefficient (Wildman–Crippen LogP) is 3.72. The van der Waals surface area contributed by atoms with Crippen molar-refractivity contribution < 1.29 is 9.59 Å². The fourth-order valence-corrected chi connectivity index (χ4v) is 4.22. The van der Waals surface area contributed by atoms with Crippen molar-refractivity contribution in [1.29, 1.82) is 0 Å². The maximum Gasteiger partial charge on any atom is 0.329 e. The zero-order valence-electron chi connectivity index (χ0n) is 16.3. The molecule has 2 aliphatic rings. The fourth-order valence-electron chi connectivity index (χ4n) is 4.22. The third-order valence-corrected chi connectivity index (χ3v) is 5.86. The minimum atomic E-state index is -0.323. The minimum absolute atomic E-state index is 0.135. The number of urea groups is 1. The Bertz CT molecular complexity index is 809. The van der Waals surface area contributed by atoms with Gasteiger partial charge in [0.25, 0.3) is 0 Å². The van der Waals surface area contributed by atoms with Gasteiger partial charge in [0, 0.05) is 13.1 Å². The zero-order valence-corrected chi connectivity index (χ0v) is 16.3. The highest BCUT2D eigenvalue weighted by atomic mass is 16.2. The van der Waals surface area contributed by atoms with Gasteiger partial charge in [0.1, 0.15) is 0 Å².